The first-order chi connectivity index (χ1) is 15.3. The van der Waals surface area contributed by atoms with Crippen molar-refractivity contribution >= 4 is 23.8 Å². The van der Waals surface area contributed by atoms with Gasteiger partial charge in [0.2, 0.25) is 0 Å². The number of esters is 1. The number of carbonyl (C=O) groups excluding carboxylic acids is 4. The van der Waals surface area contributed by atoms with Crippen LogP contribution in [0.25, 0.3) is 0 Å². The van der Waals surface area contributed by atoms with Gasteiger partial charge < -0.3 is 19.5 Å². The average Bonchev–Trinajstić information content (AvgIpc) is 3.00. The molecule has 1 aliphatic heterocycles. The molecule has 174 valence electrons. The minimum Gasteiger partial charge on any atom is -0.490 e. The quantitative estimate of drug-likeness (QED) is 0.462. The van der Waals surface area contributed by atoms with Crippen molar-refractivity contribution in [2.75, 3.05) is 19.8 Å². The van der Waals surface area contributed by atoms with Crippen LogP contribution in [-0.2, 0) is 14.3 Å². The summed E-state index contributed by atoms with van der Waals surface area (Å²) in [4.78, 5) is 49.6. The SMILES string of the molecule is CCOc1ccc(C(=O)OCC(=O)NN2C(=O)NC3(CCC(C)CC3)C2=O)cc1OCC. The fraction of sp³-hybridized carbons (Fsp3) is 0.545. The maximum absolute atomic E-state index is 12.8. The molecule has 0 unspecified atom stereocenters. The number of imide groups is 1. The molecule has 1 aromatic carbocycles. The zero-order valence-corrected chi connectivity index (χ0v) is 18.6. The largest absolute Gasteiger partial charge is 0.490 e. The summed E-state index contributed by atoms with van der Waals surface area (Å²) in [6, 6.07) is 3.87. The number of urea groups is 1. The molecule has 1 heterocycles. The normalized spacial score (nSPS) is 22.5. The van der Waals surface area contributed by atoms with Gasteiger partial charge in [0.05, 0.1) is 18.8 Å². The predicted octanol–water partition coefficient (Wildman–Crippen LogP) is 2.17. The Labute approximate surface area is 186 Å². The number of nitrogens with zero attached hydrogens (tertiary/aromatic N) is 1. The lowest BCUT2D eigenvalue weighted by Crippen LogP contribution is -2.52. The fourth-order valence-electron chi connectivity index (χ4n) is 3.87. The van der Waals surface area contributed by atoms with Gasteiger partial charge in [-0.3, -0.25) is 15.0 Å². The second-order valence-corrected chi connectivity index (χ2v) is 7.97. The van der Waals surface area contributed by atoms with Crippen molar-refractivity contribution in [2.45, 2.75) is 52.0 Å². The Morgan fingerprint density at radius 2 is 1.78 bits per heavy atom. The zero-order valence-electron chi connectivity index (χ0n) is 18.6. The van der Waals surface area contributed by atoms with Gasteiger partial charge in [-0.05, 0) is 63.6 Å². The van der Waals surface area contributed by atoms with Crippen molar-refractivity contribution in [1.82, 2.24) is 15.8 Å². The highest BCUT2D eigenvalue weighted by Gasteiger charge is 2.52. The van der Waals surface area contributed by atoms with E-state index in [9.17, 15) is 19.2 Å². The molecular weight excluding hydrogens is 418 g/mol. The van der Waals surface area contributed by atoms with Gasteiger partial charge in [0.25, 0.3) is 11.8 Å². The highest BCUT2D eigenvalue weighted by Crippen LogP contribution is 2.35. The van der Waals surface area contributed by atoms with Crippen LogP contribution in [0.1, 0.15) is 56.8 Å². The van der Waals surface area contributed by atoms with E-state index >= 15 is 0 Å². The summed E-state index contributed by atoms with van der Waals surface area (Å²) in [5, 5.41) is 3.39. The zero-order chi connectivity index (χ0) is 23.3. The Balaban J connectivity index is 1.57. The molecule has 0 aromatic heterocycles. The number of hydrazine groups is 1. The molecule has 1 saturated heterocycles. The van der Waals surface area contributed by atoms with Crippen LogP contribution in [0.2, 0.25) is 0 Å². The van der Waals surface area contributed by atoms with Gasteiger partial charge in [0.1, 0.15) is 5.54 Å². The first-order valence-corrected chi connectivity index (χ1v) is 10.8. The number of ether oxygens (including phenoxy) is 3. The predicted molar refractivity (Wildman–Crippen MR) is 113 cm³/mol. The molecule has 3 rings (SSSR count). The van der Waals surface area contributed by atoms with E-state index in [4.69, 9.17) is 14.2 Å². The molecule has 32 heavy (non-hydrogen) atoms. The summed E-state index contributed by atoms with van der Waals surface area (Å²) in [6.07, 6.45) is 2.69. The summed E-state index contributed by atoms with van der Waals surface area (Å²) in [7, 11) is 0. The van der Waals surface area contributed by atoms with Crippen molar-refractivity contribution < 1.29 is 33.4 Å². The first kappa shape index (κ1) is 23.4. The Hall–Kier alpha value is -3.30. The molecule has 1 saturated carbocycles. The highest BCUT2D eigenvalue weighted by molar-refractivity contribution is 6.08. The van der Waals surface area contributed by atoms with Crippen molar-refractivity contribution in [3.8, 4) is 11.5 Å². The van der Waals surface area contributed by atoms with Crippen LogP contribution >= 0.6 is 0 Å². The highest BCUT2D eigenvalue weighted by atomic mass is 16.5. The van der Waals surface area contributed by atoms with Crippen molar-refractivity contribution in [3.05, 3.63) is 23.8 Å². The monoisotopic (exact) mass is 447 g/mol. The molecule has 1 aromatic rings. The molecule has 2 aliphatic rings. The lowest BCUT2D eigenvalue weighted by atomic mass is 9.77. The molecule has 2 N–H and O–H groups in total. The van der Waals surface area contributed by atoms with Crippen molar-refractivity contribution in [1.29, 1.82) is 0 Å². The van der Waals surface area contributed by atoms with Crippen LogP contribution in [0.4, 0.5) is 4.79 Å². The standard InChI is InChI=1S/C22H29N3O7/c1-4-30-16-7-6-15(12-17(16)31-5-2)19(27)32-13-18(26)24-25-20(28)22(23-21(25)29)10-8-14(3)9-11-22/h6-7,12,14H,4-5,8-11,13H2,1-3H3,(H,23,29)(H,24,26). The molecule has 0 atom stereocenters. The van der Waals surface area contributed by atoms with Gasteiger partial charge in [0, 0.05) is 0 Å². The van der Waals surface area contributed by atoms with E-state index in [-0.39, 0.29) is 5.56 Å². The Kier molecular flexibility index (Phi) is 7.22. The number of hydrogen-bond acceptors (Lipinski definition) is 7. The lowest BCUT2D eigenvalue weighted by molar-refractivity contribution is -0.141. The average molecular weight is 447 g/mol. The summed E-state index contributed by atoms with van der Waals surface area (Å²) in [5.41, 5.74) is 1.45. The molecule has 4 amide bonds. The van der Waals surface area contributed by atoms with E-state index < -0.39 is 36.0 Å². The molecule has 2 fully saturated rings. The van der Waals surface area contributed by atoms with Gasteiger partial charge in [-0.25, -0.2) is 9.59 Å². The maximum Gasteiger partial charge on any atom is 0.344 e. The third kappa shape index (κ3) is 4.95. The van der Waals surface area contributed by atoms with Crippen LogP contribution in [0, 0.1) is 5.92 Å². The molecule has 0 bridgehead atoms. The van der Waals surface area contributed by atoms with E-state index in [1.807, 2.05) is 6.92 Å². The van der Waals surface area contributed by atoms with Crippen LogP contribution in [0.5, 0.6) is 11.5 Å². The van der Waals surface area contributed by atoms with E-state index in [1.54, 1.807) is 13.0 Å². The van der Waals surface area contributed by atoms with Crippen molar-refractivity contribution in [2.24, 2.45) is 5.92 Å². The van der Waals surface area contributed by atoms with Gasteiger partial charge >= 0.3 is 12.0 Å². The minimum atomic E-state index is -0.967. The number of amides is 4. The van der Waals surface area contributed by atoms with Gasteiger partial charge in [-0.2, -0.15) is 5.01 Å². The summed E-state index contributed by atoms with van der Waals surface area (Å²) < 4.78 is 16.0. The van der Waals surface area contributed by atoms with E-state index in [2.05, 4.69) is 17.7 Å². The minimum absolute atomic E-state index is 0.176. The Morgan fingerprint density at radius 3 is 2.44 bits per heavy atom. The van der Waals surface area contributed by atoms with Crippen LogP contribution in [0.3, 0.4) is 0 Å². The Bertz CT molecular complexity index is 894. The number of hydrogen-bond donors (Lipinski definition) is 2. The molecule has 10 nitrogen and oxygen atoms in total. The van der Waals surface area contributed by atoms with Gasteiger partial charge in [-0.1, -0.05) is 6.92 Å². The molecule has 10 heteroatoms. The molecule has 0 radical (unpaired) electrons. The number of nitrogens with one attached hydrogen (secondary N) is 2. The van der Waals surface area contributed by atoms with E-state index in [0.29, 0.717) is 48.5 Å². The van der Waals surface area contributed by atoms with E-state index in [1.165, 1.54) is 12.1 Å². The fourth-order valence-corrected chi connectivity index (χ4v) is 3.87. The number of carbonyl (C=O) groups is 4. The van der Waals surface area contributed by atoms with Crippen LogP contribution in [-0.4, -0.2) is 54.2 Å². The Morgan fingerprint density at radius 1 is 1.12 bits per heavy atom. The third-order valence-corrected chi connectivity index (χ3v) is 5.64. The lowest BCUT2D eigenvalue weighted by Gasteiger charge is -2.33. The molecule has 1 aliphatic carbocycles. The summed E-state index contributed by atoms with van der Waals surface area (Å²) in [6.45, 7) is 5.90. The van der Waals surface area contributed by atoms with Crippen molar-refractivity contribution in [3.63, 3.8) is 0 Å². The topological polar surface area (TPSA) is 123 Å². The summed E-state index contributed by atoms with van der Waals surface area (Å²) >= 11 is 0. The number of rotatable bonds is 8. The summed E-state index contributed by atoms with van der Waals surface area (Å²) in [5.74, 6) is -0.660. The molecule has 1 spiro atoms. The molecular formula is C22H29N3O7. The van der Waals surface area contributed by atoms with Crippen LogP contribution in [0.15, 0.2) is 18.2 Å². The second kappa shape index (κ2) is 9.88. The smallest absolute Gasteiger partial charge is 0.344 e. The number of benzene rings is 1. The third-order valence-electron chi connectivity index (χ3n) is 5.64. The second-order valence-electron chi connectivity index (χ2n) is 7.97. The van der Waals surface area contributed by atoms with Crippen LogP contribution < -0.4 is 20.2 Å². The van der Waals surface area contributed by atoms with Gasteiger partial charge in [-0.15, -0.1) is 0 Å². The maximum atomic E-state index is 12.8. The van der Waals surface area contributed by atoms with Gasteiger partial charge in [0.15, 0.2) is 18.1 Å². The van der Waals surface area contributed by atoms with E-state index in [0.717, 1.165) is 12.8 Å². The first-order valence-electron chi connectivity index (χ1n) is 10.8.